The molecule has 390 valence electrons. The largest absolute Gasteiger partial charge is 0.463 e. The zero-order chi connectivity index (χ0) is 52.9. The van der Waals surface area contributed by atoms with Crippen molar-refractivity contribution in [2.45, 2.75) is 123 Å². The predicted octanol–water partition coefficient (Wildman–Crippen LogP) is 0.303. The van der Waals surface area contributed by atoms with Crippen molar-refractivity contribution in [2.75, 3.05) is 51.0 Å². The summed E-state index contributed by atoms with van der Waals surface area (Å²) < 4.78 is 58.6. The number of hydrogen-bond donors (Lipinski definition) is 3. The van der Waals surface area contributed by atoms with Crippen molar-refractivity contribution in [3.05, 3.63) is 35.9 Å². The Labute approximate surface area is 406 Å². The summed E-state index contributed by atoms with van der Waals surface area (Å²) in [5.74, 6) is -8.81. The summed E-state index contributed by atoms with van der Waals surface area (Å²) in [5, 5.41) is 7.82. The van der Waals surface area contributed by atoms with Crippen LogP contribution in [-0.4, -0.2) is 169 Å². The van der Waals surface area contributed by atoms with Crippen LogP contribution in [0.15, 0.2) is 24.5 Å². The number of esters is 8. The highest BCUT2D eigenvalue weighted by Gasteiger charge is 2.55. The Balaban J connectivity index is 1.92. The Morgan fingerprint density at radius 3 is 1.32 bits per heavy atom. The molecule has 27 heteroatoms. The number of rotatable bonds is 21. The lowest BCUT2D eigenvalue weighted by atomic mass is 9.97. The van der Waals surface area contributed by atoms with Crippen molar-refractivity contribution in [2.24, 2.45) is 0 Å². The number of hydrogen-bond acceptors (Lipinski definition) is 22. The quantitative estimate of drug-likeness (QED) is 0.0655. The molecule has 0 radical (unpaired) electrons. The molecule has 10 atom stereocenters. The first-order valence-corrected chi connectivity index (χ1v) is 21.9. The molecule has 71 heavy (non-hydrogen) atoms. The molecule has 0 aliphatic carbocycles. The second-order valence-corrected chi connectivity index (χ2v) is 16.4. The van der Waals surface area contributed by atoms with E-state index in [1.54, 1.807) is 0 Å². The summed E-state index contributed by atoms with van der Waals surface area (Å²) in [5.41, 5.74) is -0.791. The molecule has 2 aliphatic heterocycles. The van der Waals surface area contributed by atoms with Gasteiger partial charge in [-0.25, -0.2) is 0 Å². The van der Waals surface area contributed by atoms with Gasteiger partial charge in [0.15, 0.2) is 49.1 Å². The summed E-state index contributed by atoms with van der Waals surface area (Å²) in [4.78, 5) is 142. The minimum Gasteiger partial charge on any atom is -0.463 e. The van der Waals surface area contributed by atoms with E-state index in [0.29, 0.717) is 13.0 Å². The van der Waals surface area contributed by atoms with Crippen molar-refractivity contribution >= 4 is 77.4 Å². The summed E-state index contributed by atoms with van der Waals surface area (Å²) >= 11 is 0. The van der Waals surface area contributed by atoms with Gasteiger partial charge in [0.1, 0.15) is 36.8 Å². The summed E-state index contributed by atoms with van der Waals surface area (Å²) in [7, 11) is 3.66. The number of carbonyl (C=O) groups is 11. The number of carbonyl (C=O) groups excluding carboxylic acids is 11. The van der Waals surface area contributed by atoms with Crippen LogP contribution in [0, 0.1) is 0 Å². The first-order valence-electron chi connectivity index (χ1n) is 21.9. The number of anilines is 2. The van der Waals surface area contributed by atoms with Crippen LogP contribution in [0.1, 0.15) is 95.2 Å². The van der Waals surface area contributed by atoms with Gasteiger partial charge in [0, 0.05) is 74.3 Å². The smallest absolute Gasteiger partial charge is 0.303 e. The minimum absolute atomic E-state index is 0.0362. The molecule has 0 spiro atoms. The summed E-state index contributed by atoms with van der Waals surface area (Å²) in [6.45, 7) is 7.87. The lowest BCUT2D eigenvalue weighted by Gasteiger charge is -2.45. The minimum atomic E-state index is -1.70. The van der Waals surface area contributed by atoms with Gasteiger partial charge in [-0.2, -0.15) is 0 Å². The van der Waals surface area contributed by atoms with E-state index in [9.17, 15) is 52.7 Å². The zero-order valence-corrected chi connectivity index (χ0v) is 40.6. The molecular formula is C44H58N6O21. The van der Waals surface area contributed by atoms with Gasteiger partial charge in [-0.3, -0.25) is 52.7 Å². The molecule has 4 heterocycles. The van der Waals surface area contributed by atoms with Gasteiger partial charge in [-0.15, -0.1) is 0 Å². The first kappa shape index (κ1) is 56.2. The fourth-order valence-electron chi connectivity index (χ4n) is 7.70. The second kappa shape index (κ2) is 25.5. The highest BCUT2D eigenvalue weighted by molar-refractivity contribution is 6.05. The number of ether oxygens (including phenoxy) is 10. The number of nitrogens with one attached hydrogen (secondary N) is 3. The maximum atomic E-state index is 14.7. The number of nitrogens with zero attached hydrogens (tertiary/aromatic N) is 3. The highest BCUT2D eigenvalue weighted by Crippen LogP contribution is 2.39. The Morgan fingerprint density at radius 1 is 0.549 bits per heavy atom. The Hall–Kier alpha value is -7.39. The monoisotopic (exact) mass is 1010 g/mol. The number of aromatic nitrogens is 2. The molecule has 4 rings (SSSR count). The lowest BCUT2D eigenvalue weighted by molar-refractivity contribution is -0.268. The van der Waals surface area contributed by atoms with E-state index in [-0.39, 0.29) is 35.7 Å². The molecule has 2 saturated heterocycles. The van der Waals surface area contributed by atoms with E-state index in [4.69, 9.17) is 47.4 Å². The van der Waals surface area contributed by atoms with Crippen molar-refractivity contribution < 1.29 is 100 Å². The van der Waals surface area contributed by atoms with Crippen LogP contribution >= 0.6 is 0 Å². The Morgan fingerprint density at radius 2 is 0.930 bits per heavy atom. The molecule has 3 amide bonds. The lowest BCUT2D eigenvalue weighted by Crippen LogP contribution is -2.60. The Bertz CT molecular complexity index is 2330. The van der Waals surface area contributed by atoms with Gasteiger partial charge in [-0.1, -0.05) is 0 Å². The van der Waals surface area contributed by atoms with Crippen molar-refractivity contribution in [3.63, 3.8) is 0 Å². The third-order valence-electron chi connectivity index (χ3n) is 10.2. The third-order valence-corrected chi connectivity index (χ3v) is 10.2. The van der Waals surface area contributed by atoms with Gasteiger partial charge in [0.25, 0.3) is 11.8 Å². The maximum absolute atomic E-state index is 14.7. The second-order valence-electron chi connectivity index (χ2n) is 16.4. The van der Waals surface area contributed by atoms with Gasteiger partial charge in [0.2, 0.25) is 6.41 Å². The van der Waals surface area contributed by atoms with E-state index >= 15 is 0 Å². The molecule has 2 fully saturated rings. The maximum Gasteiger partial charge on any atom is 0.303 e. The summed E-state index contributed by atoms with van der Waals surface area (Å²) in [6, 6.07) is 2.38. The van der Waals surface area contributed by atoms with E-state index in [1.165, 1.54) is 24.5 Å². The third kappa shape index (κ3) is 15.8. The van der Waals surface area contributed by atoms with Crippen LogP contribution in [0.25, 0.3) is 0 Å². The average Bonchev–Trinajstić information content (AvgIpc) is 3.87. The molecule has 2 aromatic heterocycles. The standard InChI is InChI=1S/C44H58N6O21/c1-21(52)62-18-33-35(64-23(3)54)37(66-25(5)56)39(68-27(7)58)43(70-33)49-16-29(46-20-51)14-32(49)42(61)47-30-15-31(41(60)45-12-11-13-48(9)10)50(17-30)44-40(69-28(8)59)38(67-26(6)57)36(65-24(4)55)34(71-44)19-63-22(2)53/h14-17,20,33-40,43-44H,11-13,18-19H2,1-10H3,(H,45,60)(H,46,51)(H,47,61)/t33-,34-,35-,36-,37-,38-,39-,40-,43+,44+/m1/s1. The first-order chi connectivity index (χ1) is 33.4. The number of amides is 3. The van der Waals surface area contributed by atoms with Gasteiger partial charge < -0.3 is 77.4 Å². The van der Waals surface area contributed by atoms with Crippen LogP contribution < -0.4 is 16.0 Å². The van der Waals surface area contributed by atoms with Crippen molar-refractivity contribution in [1.82, 2.24) is 19.4 Å². The van der Waals surface area contributed by atoms with E-state index in [0.717, 1.165) is 64.5 Å². The van der Waals surface area contributed by atoms with Crippen LogP contribution in [0.5, 0.6) is 0 Å². The van der Waals surface area contributed by atoms with Gasteiger partial charge in [0.05, 0.1) is 11.4 Å². The summed E-state index contributed by atoms with van der Waals surface area (Å²) in [6.07, 6.45) is -12.9. The molecule has 3 N–H and O–H groups in total. The topological polar surface area (TPSA) is 329 Å². The fourth-order valence-corrected chi connectivity index (χ4v) is 7.70. The van der Waals surface area contributed by atoms with E-state index in [2.05, 4.69) is 16.0 Å². The van der Waals surface area contributed by atoms with Crippen LogP contribution in [0.3, 0.4) is 0 Å². The molecule has 27 nitrogen and oxygen atoms in total. The van der Waals surface area contributed by atoms with Crippen LogP contribution in [0.4, 0.5) is 11.4 Å². The highest BCUT2D eigenvalue weighted by atomic mass is 16.7. The fraction of sp³-hybridized carbons (Fsp3) is 0.568. The molecule has 0 saturated carbocycles. The van der Waals surface area contributed by atoms with E-state index < -0.39 is 134 Å². The normalized spacial score (nSPS) is 23.7. The molecule has 2 aliphatic rings. The average molecular weight is 1010 g/mol. The van der Waals surface area contributed by atoms with Crippen molar-refractivity contribution in [3.8, 4) is 0 Å². The van der Waals surface area contributed by atoms with Gasteiger partial charge >= 0.3 is 47.8 Å². The SMILES string of the molecule is CC(=O)OC[C@H]1O[C@H](n2cc(NC(=O)c3cc(NC=O)cn3[C@H]3O[C@H](COC(C)=O)[C@@H](OC(C)=O)[C@@H](OC(C)=O)[C@H]3OC(C)=O)cc2C(=O)NCCCN(C)C)[C@H](OC(C)=O)[C@H](OC(C)=O)[C@@H]1OC(C)=O. The van der Waals surface area contributed by atoms with E-state index in [1.807, 2.05) is 19.0 Å². The molecule has 0 aromatic carbocycles. The predicted molar refractivity (Wildman–Crippen MR) is 236 cm³/mol. The van der Waals surface area contributed by atoms with Crippen LogP contribution in [0.2, 0.25) is 0 Å². The van der Waals surface area contributed by atoms with Crippen LogP contribution in [-0.2, 0) is 90.5 Å². The van der Waals surface area contributed by atoms with Gasteiger partial charge in [-0.05, 0) is 39.2 Å². The molecule has 0 unspecified atom stereocenters. The van der Waals surface area contributed by atoms with Crippen molar-refractivity contribution in [1.29, 1.82) is 0 Å². The zero-order valence-electron chi connectivity index (χ0n) is 40.6. The Kier molecular flexibility index (Phi) is 20.2. The molecular weight excluding hydrogens is 949 g/mol. The molecule has 0 bridgehead atoms. The molecule has 2 aromatic rings.